The van der Waals surface area contributed by atoms with Gasteiger partial charge in [0.1, 0.15) is 6.04 Å². The van der Waals surface area contributed by atoms with Gasteiger partial charge < -0.3 is 15.4 Å². The molecule has 6 nitrogen and oxygen atoms in total. The number of nitrogens with zero attached hydrogens (tertiary/aromatic N) is 1. The molecule has 32 heavy (non-hydrogen) atoms. The van der Waals surface area contributed by atoms with Gasteiger partial charge in [-0.05, 0) is 49.9 Å². The van der Waals surface area contributed by atoms with Crippen LogP contribution in [0.4, 0.5) is 5.69 Å². The molecule has 2 aromatic carbocycles. The zero-order valence-corrected chi connectivity index (χ0v) is 20.4. The Labute approximate surface area is 201 Å². The second-order valence-electron chi connectivity index (χ2n) is 6.81. The maximum absolute atomic E-state index is 12.6. The van der Waals surface area contributed by atoms with Crippen molar-refractivity contribution in [3.8, 4) is 0 Å². The zero-order valence-electron chi connectivity index (χ0n) is 18.0. The predicted molar refractivity (Wildman–Crippen MR) is 133 cm³/mol. The van der Waals surface area contributed by atoms with E-state index in [2.05, 4.69) is 10.6 Å². The van der Waals surface area contributed by atoms with Gasteiger partial charge in [-0.1, -0.05) is 47.6 Å². The summed E-state index contributed by atoms with van der Waals surface area (Å²) in [5, 5.41) is 6.97. The lowest BCUT2D eigenvalue weighted by Crippen LogP contribution is -2.31. The van der Waals surface area contributed by atoms with Crippen LogP contribution in [0.3, 0.4) is 0 Å². The zero-order chi connectivity index (χ0) is 23.1. The number of carbonyl (C=O) groups excluding carboxylic acids is 2. The molecule has 9 heteroatoms. The number of hydrogen-bond acceptors (Lipinski definition) is 7. The molecular weight excluding hydrogens is 466 g/mol. The van der Waals surface area contributed by atoms with E-state index in [1.807, 2.05) is 37.4 Å². The second-order valence-corrected chi connectivity index (χ2v) is 9.06. The number of ether oxygens (including phenoxy) is 1. The highest BCUT2D eigenvalue weighted by atomic mass is 35.5. The maximum atomic E-state index is 12.6. The third-order valence-corrected chi connectivity index (χ3v) is 6.59. The van der Waals surface area contributed by atoms with E-state index in [1.165, 1.54) is 11.8 Å². The lowest BCUT2D eigenvalue weighted by molar-refractivity contribution is -0.139. The van der Waals surface area contributed by atoms with Crippen LogP contribution in [0.5, 0.6) is 0 Å². The van der Waals surface area contributed by atoms with E-state index in [0.717, 1.165) is 10.5 Å². The van der Waals surface area contributed by atoms with Crippen molar-refractivity contribution in [1.82, 2.24) is 5.32 Å². The minimum atomic E-state index is -0.514. The quantitative estimate of drug-likeness (QED) is 0.407. The summed E-state index contributed by atoms with van der Waals surface area (Å²) in [6.45, 7) is 3.87. The Kier molecular flexibility index (Phi) is 8.67. The fraction of sp³-hybridized carbons (Fsp3) is 0.261. The first kappa shape index (κ1) is 24.2. The van der Waals surface area contributed by atoms with Crippen LogP contribution >= 0.6 is 35.1 Å². The summed E-state index contributed by atoms with van der Waals surface area (Å²) in [7, 11) is 0. The molecule has 0 spiro atoms. The average molecular weight is 490 g/mol. The summed E-state index contributed by atoms with van der Waals surface area (Å²) in [5.74, 6) is -0.469. The van der Waals surface area contributed by atoms with Crippen molar-refractivity contribution in [2.45, 2.75) is 24.8 Å². The van der Waals surface area contributed by atoms with E-state index in [4.69, 9.17) is 21.3 Å². The Hall–Kier alpha value is -2.42. The van der Waals surface area contributed by atoms with Gasteiger partial charge in [0, 0.05) is 10.6 Å². The summed E-state index contributed by atoms with van der Waals surface area (Å²) in [6, 6.07) is 14.5. The highest BCUT2D eigenvalue weighted by molar-refractivity contribution is 8.14. The van der Waals surface area contributed by atoms with E-state index in [1.54, 1.807) is 43.0 Å². The fourth-order valence-electron chi connectivity index (χ4n) is 3.10. The molecule has 168 valence electrons. The molecule has 1 atom stereocenters. The number of aliphatic imine (C=N–C) groups is 1. The number of thioether (sulfide) groups is 2. The molecule has 3 rings (SSSR count). The number of rotatable bonds is 7. The number of amidine groups is 1. The predicted octanol–water partition coefficient (Wildman–Crippen LogP) is 5.27. The molecule has 0 aliphatic carbocycles. The Morgan fingerprint density at radius 3 is 2.56 bits per heavy atom. The first-order chi connectivity index (χ1) is 15.4. The minimum absolute atomic E-state index is 0.136. The van der Waals surface area contributed by atoms with Crippen LogP contribution in [0.2, 0.25) is 5.02 Å². The van der Waals surface area contributed by atoms with Gasteiger partial charge in [0.2, 0.25) is 5.91 Å². The number of nitrogens with one attached hydrogen (secondary N) is 2. The van der Waals surface area contributed by atoms with Crippen LogP contribution in [0.25, 0.3) is 0 Å². The van der Waals surface area contributed by atoms with Crippen LogP contribution in [0.15, 0.2) is 69.7 Å². The molecule has 1 amide bonds. The summed E-state index contributed by atoms with van der Waals surface area (Å²) >= 11 is 9.01. The van der Waals surface area contributed by atoms with Crippen molar-refractivity contribution in [3.63, 3.8) is 0 Å². The molecule has 0 aromatic heterocycles. The highest BCUT2D eigenvalue weighted by Gasteiger charge is 2.30. The first-order valence-corrected chi connectivity index (χ1v) is 12.6. The van der Waals surface area contributed by atoms with Crippen LogP contribution in [-0.2, 0) is 14.3 Å². The average Bonchev–Trinajstić information content (AvgIpc) is 2.79. The molecule has 1 heterocycles. The third kappa shape index (κ3) is 6.09. The van der Waals surface area contributed by atoms with Crippen LogP contribution in [-0.4, -0.2) is 35.7 Å². The molecule has 0 radical (unpaired) electrons. The molecule has 0 fully saturated rings. The van der Waals surface area contributed by atoms with Crippen molar-refractivity contribution in [3.05, 3.63) is 70.4 Å². The van der Waals surface area contributed by atoms with Gasteiger partial charge in [0.25, 0.3) is 0 Å². The fourth-order valence-corrected chi connectivity index (χ4v) is 4.44. The molecule has 0 saturated heterocycles. The molecule has 0 unspecified atom stereocenters. The molecule has 1 aliphatic rings. The van der Waals surface area contributed by atoms with Gasteiger partial charge in [-0.3, -0.25) is 4.79 Å². The molecule has 0 saturated carbocycles. The molecule has 1 aliphatic heterocycles. The Balaban J connectivity index is 1.78. The highest BCUT2D eigenvalue weighted by Crippen LogP contribution is 2.34. The van der Waals surface area contributed by atoms with Gasteiger partial charge in [0.05, 0.1) is 28.6 Å². The Morgan fingerprint density at radius 2 is 1.91 bits per heavy atom. The van der Waals surface area contributed by atoms with E-state index in [0.29, 0.717) is 27.1 Å². The monoisotopic (exact) mass is 489 g/mol. The number of anilines is 1. The van der Waals surface area contributed by atoms with Crippen LogP contribution < -0.4 is 10.6 Å². The number of carbonyl (C=O) groups is 2. The minimum Gasteiger partial charge on any atom is -0.463 e. The van der Waals surface area contributed by atoms with E-state index in [9.17, 15) is 9.59 Å². The van der Waals surface area contributed by atoms with Crippen molar-refractivity contribution < 1.29 is 14.3 Å². The summed E-state index contributed by atoms with van der Waals surface area (Å²) in [6.07, 6.45) is 2.01. The van der Waals surface area contributed by atoms with E-state index in [-0.39, 0.29) is 18.3 Å². The van der Waals surface area contributed by atoms with Gasteiger partial charge in [0.15, 0.2) is 5.17 Å². The Bertz CT molecular complexity index is 1050. The van der Waals surface area contributed by atoms with Crippen LogP contribution in [0, 0.1) is 0 Å². The molecule has 0 bridgehead atoms. The maximum Gasteiger partial charge on any atom is 0.338 e. The van der Waals surface area contributed by atoms with Crippen molar-refractivity contribution in [1.29, 1.82) is 0 Å². The number of allylic oxidation sites excluding steroid dienone is 1. The smallest absolute Gasteiger partial charge is 0.338 e. The lowest BCUT2D eigenvalue weighted by Gasteiger charge is -2.25. The lowest BCUT2D eigenvalue weighted by atomic mass is 9.97. The molecule has 2 N–H and O–H groups in total. The number of esters is 1. The molecular formula is C23H24ClN3O3S2. The largest absolute Gasteiger partial charge is 0.463 e. The van der Waals surface area contributed by atoms with Gasteiger partial charge in [-0.25, -0.2) is 9.79 Å². The van der Waals surface area contributed by atoms with Gasteiger partial charge in [-0.2, -0.15) is 0 Å². The van der Waals surface area contributed by atoms with Crippen molar-refractivity contribution >= 4 is 57.9 Å². The summed E-state index contributed by atoms with van der Waals surface area (Å²) in [4.78, 5) is 30.9. The van der Waals surface area contributed by atoms with Gasteiger partial charge >= 0.3 is 5.97 Å². The number of benzene rings is 2. The Morgan fingerprint density at radius 1 is 1.19 bits per heavy atom. The first-order valence-electron chi connectivity index (χ1n) is 9.96. The molecule has 2 aromatic rings. The number of hydrogen-bond donors (Lipinski definition) is 2. The summed E-state index contributed by atoms with van der Waals surface area (Å²) in [5.41, 5.74) is 2.57. The number of halogens is 1. The topological polar surface area (TPSA) is 79.8 Å². The van der Waals surface area contributed by atoms with Gasteiger partial charge in [-0.15, -0.1) is 11.8 Å². The van der Waals surface area contributed by atoms with E-state index < -0.39 is 12.0 Å². The number of para-hydroxylation sites is 1. The normalized spacial score (nSPS) is 15.6. The van der Waals surface area contributed by atoms with Crippen molar-refractivity contribution in [2.75, 3.05) is 23.9 Å². The standard InChI is InChI=1S/C23H24ClN3O3S2/c1-4-30-22(29)20-14(2)25-23(27-21(20)15-9-11-16(31-3)12-10-15)32-13-19(28)26-18-8-6-5-7-17(18)24/h5-12,21H,4,13H2,1-3H3,(H,25,27)(H,26,28)/t21-/m1/s1. The second kappa shape index (κ2) is 11.4. The SMILES string of the molecule is CCOC(=O)C1=C(C)NC(SCC(=O)Nc2ccccc2Cl)=N[C@@H]1c1ccc(SC)cc1. The van der Waals surface area contributed by atoms with E-state index >= 15 is 0 Å². The summed E-state index contributed by atoms with van der Waals surface area (Å²) < 4.78 is 5.27. The number of amides is 1. The van der Waals surface area contributed by atoms with Crippen LogP contribution in [0.1, 0.15) is 25.5 Å². The van der Waals surface area contributed by atoms with Crippen molar-refractivity contribution in [2.24, 2.45) is 4.99 Å². The third-order valence-electron chi connectivity index (χ3n) is 4.63.